The Morgan fingerprint density at radius 1 is 1.31 bits per heavy atom. The number of nitrogens with two attached hydrogens (primary N) is 1. The first-order valence-corrected chi connectivity index (χ1v) is 10.9. The molecule has 0 spiro atoms. The SMILES string of the molecule is CCN(CC)S(=O)(=O)N1CC[C@](Cc2cc(-c3ccc(F)cc3)no2)(C(N)=O)C1. The lowest BCUT2D eigenvalue weighted by atomic mass is 9.82. The van der Waals surface area contributed by atoms with Crippen LogP contribution in [0, 0.1) is 11.2 Å². The first-order chi connectivity index (χ1) is 13.7. The normalized spacial score (nSPS) is 20.4. The fourth-order valence-electron chi connectivity index (χ4n) is 3.66. The van der Waals surface area contributed by atoms with Crippen molar-refractivity contribution in [3.05, 3.63) is 41.9 Å². The number of halogens is 1. The quantitative estimate of drug-likeness (QED) is 0.695. The van der Waals surface area contributed by atoms with Gasteiger partial charge in [0.15, 0.2) is 0 Å². The molecule has 1 atom stereocenters. The van der Waals surface area contributed by atoms with Crippen LogP contribution in [-0.4, -0.2) is 54.3 Å². The first-order valence-electron chi connectivity index (χ1n) is 9.48. The Morgan fingerprint density at radius 3 is 2.55 bits per heavy atom. The molecule has 1 aliphatic rings. The zero-order valence-electron chi connectivity index (χ0n) is 16.5. The van der Waals surface area contributed by atoms with E-state index in [9.17, 15) is 17.6 Å². The van der Waals surface area contributed by atoms with E-state index in [0.29, 0.717) is 36.5 Å². The molecule has 1 aromatic carbocycles. The lowest BCUT2D eigenvalue weighted by Gasteiger charge is -2.28. The molecule has 0 bridgehead atoms. The Balaban J connectivity index is 1.81. The summed E-state index contributed by atoms with van der Waals surface area (Å²) in [6.45, 7) is 4.44. The number of benzene rings is 1. The molecule has 10 heteroatoms. The lowest BCUT2D eigenvalue weighted by Crippen LogP contribution is -2.46. The summed E-state index contributed by atoms with van der Waals surface area (Å²) >= 11 is 0. The fraction of sp³-hybridized carbons (Fsp3) is 0.474. The van der Waals surface area contributed by atoms with Crippen molar-refractivity contribution in [1.29, 1.82) is 0 Å². The molecule has 1 aromatic heterocycles. The zero-order valence-corrected chi connectivity index (χ0v) is 17.3. The summed E-state index contributed by atoms with van der Waals surface area (Å²) in [4.78, 5) is 12.3. The highest BCUT2D eigenvalue weighted by Gasteiger charge is 2.48. The molecule has 8 nitrogen and oxygen atoms in total. The monoisotopic (exact) mass is 424 g/mol. The smallest absolute Gasteiger partial charge is 0.281 e. The van der Waals surface area contributed by atoms with Crippen LogP contribution in [0.15, 0.2) is 34.9 Å². The van der Waals surface area contributed by atoms with Gasteiger partial charge in [0, 0.05) is 44.2 Å². The number of amides is 1. The Kier molecular flexibility index (Phi) is 6.06. The third kappa shape index (κ3) is 4.19. The van der Waals surface area contributed by atoms with Gasteiger partial charge in [-0.05, 0) is 30.7 Å². The lowest BCUT2D eigenvalue weighted by molar-refractivity contribution is -0.127. The topological polar surface area (TPSA) is 110 Å². The van der Waals surface area contributed by atoms with E-state index in [0.717, 1.165) is 0 Å². The summed E-state index contributed by atoms with van der Waals surface area (Å²) < 4.78 is 46.7. The maximum Gasteiger partial charge on any atom is 0.281 e. The minimum absolute atomic E-state index is 0.00620. The van der Waals surface area contributed by atoms with E-state index in [4.69, 9.17) is 10.3 Å². The van der Waals surface area contributed by atoms with Crippen molar-refractivity contribution >= 4 is 16.1 Å². The van der Waals surface area contributed by atoms with Gasteiger partial charge in [-0.15, -0.1) is 0 Å². The standard InChI is InChI=1S/C19H25FN4O4S/c1-3-23(4-2)29(26,27)24-10-9-19(13-24,18(21)25)12-16-11-17(22-28-16)14-5-7-15(20)8-6-14/h5-8,11H,3-4,9-10,12-13H2,1-2H3,(H2,21,25)/t19-/m1/s1. The van der Waals surface area contributed by atoms with Crippen molar-refractivity contribution in [3.63, 3.8) is 0 Å². The summed E-state index contributed by atoms with van der Waals surface area (Å²) in [7, 11) is -3.66. The molecule has 1 amide bonds. The second-order valence-electron chi connectivity index (χ2n) is 7.18. The molecule has 2 heterocycles. The van der Waals surface area contributed by atoms with E-state index in [-0.39, 0.29) is 25.3 Å². The van der Waals surface area contributed by atoms with Gasteiger partial charge in [0.2, 0.25) is 5.91 Å². The number of nitrogens with zero attached hydrogens (tertiary/aromatic N) is 3. The molecular weight excluding hydrogens is 399 g/mol. The molecule has 0 aliphatic carbocycles. The van der Waals surface area contributed by atoms with Crippen molar-refractivity contribution < 1.29 is 22.1 Å². The van der Waals surface area contributed by atoms with Crippen LogP contribution in [0.3, 0.4) is 0 Å². The Bertz CT molecular complexity index is 972. The number of hydrogen-bond acceptors (Lipinski definition) is 5. The highest BCUT2D eigenvalue weighted by molar-refractivity contribution is 7.86. The van der Waals surface area contributed by atoms with Crippen LogP contribution in [-0.2, 0) is 21.4 Å². The number of hydrogen-bond donors (Lipinski definition) is 1. The van der Waals surface area contributed by atoms with Crippen LogP contribution < -0.4 is 5.73 Å². The molecule has 29 heavy (non-hydrogen) atoms. The molecule has 0 saturated carbocycles. The summed E-state index contributed by atoms with van der Waals surface area (Å²) in [6.07, 6.45) is 0.441. The van der Waals surface area contributed by atoms with Crippen molar-refractivity contribution in [3.8, 4) is 11.3 Å². The summed E-state index contributed by atoms with van der Waals surface area (Å²) in [5.74, 6) is -0.509. The number of rotatable bonds is 8. The van der Waals surface area contributed by atoms with E-state index in [1.807, 2.05) is 0 Å². The van der Waals surface area contributed by atoms with Gasteiger partial charge in [-0.2, -0.15) is 17.0 Å². The van der Waals surface area contributed by atoms with E-state index >= 15 is 0 Å². The molecule has 0 unspecified atom stereocenters. The minimum Gasteiger partial charge on any atom is -0.369 e. The largest absolute Gasteiger partial charge is 0.369 e. The van der Waals surface area contributed by atoms with E-state index < -0.39 is 21.5 Å². The molecule has 1 aliphatic heterocycles. The zero-order chi connectivity index (χ0) is 21.2. The third-order valence-electron chi connectivity index (χ3n) is 5.41. The Hall–Kier alpha value is -2.30. The molecular formula is C19H25FN4O4S. The number of carbonyl (C=O) groups excluding carboxylic acids is 1. The molecule has 2 N–H and O–H groups in total. The highest BCUT2D eigenvalue weighted by Crippen LogP contribution is 2.36. The number of carbonyl (C=O) groups is 1. The van der Waals surface area contributed by atoms with Gasteiger partial charge in [0.1, 0.15) is 17.3 Å². The maximum atomic E-state index is 13.1. The maximum absolute atomic E-state index is 13.1. The van der Waals surface area contributed by atoms with Gasteiger partial charge in [-0.3, -0.25) is 4.79 Å². The van der Waals surface area contributed by atoms with E-state index in [1.165, 1.54) is 20.7 Å². The van der Waals surface area contributed by atoms with Crippen molar-refractivity contribution in [2.45, 2.75) is 26.7 Å². The van der Waals surface area contributed by atoms with Gasteiger partial charge >= 0.3 is 0 Å². The summed E-state index contributed by atoms with van der Waals surface area (Å²) in [5.41, 5.74) is 5.79. The average molecular weight is 424 g/mol. The molecule has 0 radical (unpaired) electrons. The summed E-state index contributed by atoms with van der Waals surface area (Å²) in [5, 5.41) is 3.98. The Labute approximate surface area is 169 Å². The van der Waals surface area contributed by atoms with Gasteiger partial charge in [-0.25, -0.2) is 4.39 Å². The van der Waals surface area contributed by atoms with Crippen LogP contribution >= 0.6 is 0 Å². The van der Waals surface area contributed by atoms with Gasteiger partial charge in [0.05, 0.1) is 5.41 Å². The molecule has 1 saturated heterocycles. The molecule has 2 aromatic rings. The van der Waals surface area contributed by atoms with Crippen molar-refractivity contribution in [1.82, 2.24) is 13.8 Å². The molecule has 3 rings (SSSR count). The third-order valence-corrected chi connectivity index (χ3v) is 7.54. The van der Waals surface area contributed by atoms with E-state index in [2.05, 4.69) is 5.16 Å². The highest BCUT2D eigenvalue weighted by atomic mass is 32.2. The Morgan fingerprint density at radius 2 is 1.97 bits per heavy atom. The van der Waals surface area contributed by atoms with Gasteiger partial charge in [-0.1, -0.05) is 19.0 Å². The molecule has 158 valence electrons. The van der Waals surface area contributed by atoms with Crippen LogP contribution in [0.25, 0.3) is 11.3 Å². The molecule has 1 fully saturated rings. The second-order valence-corrected chi connectivity index (χ2v) is 9.11. The van der Waals surface area contributed by atoms with Crippen LogP contribution in [0.2, 0.25) is 0 Å². The number of primary amides is 1. The van der Waals surface area contributed by atoms with Crippen molar-refractivity contribution in [2.75, 3.05) is 26.2 Å². The fourth-order valence-corrected chi connectivity index (χ4v) is 5.38. The van der Waals surface area contributed by atoms with E-state index in [1.54, 1.807) is 32.0 Å². The van der Waals surface area contributed by atoms with Crippen molar-refractivity contribution in [2.24, 2.45) is 11.1 Å². The average Bonchev–Trinajstić information content (AvgIpc) is 3.32. The first kappa shape index (κ1) is 21.4. The van der Waals surface area contributed by atoms with Gasteiger partial charge in [0.25, 0.3) is 10.2 Å². The second kappa shape index (κ2) is 8.21. The minimum atomic E-state index is -3.66. The predicted octanol–water partition coefficient (Wildman–Crippen LogP) is 1.79. The van der Waals surface area contributed by atoms with Crippen LogP contribution in [0.4, 0.5) is 4.39 Å². The van der Waals surface area contributed by atoms with Crippen LogP contribution in [0.5, 0.6) is 0 Å². The number of aromatic nitrogens is 1. The van der Waals surface area contributed by atoms with Crippen LogP contribution in [0.1, 0.15) is 26.0 Å². The van der Waals surface area contributed by atoms with Gasteiger partial charge < -0.3 is 10.3 Å². The summed E-state index contributed by atoms with van der Waals surface area (Å²) in [6, 6.07) is 7.46. The predicted molar refractivity (Wildman–Crippen MR) is 105 cm³/mol.